The lowest BCUT2D eigenvalue weighted by Gasteiger charge is -2.32. The Morgan fingerprint density at radius 1 is 1.19 bits per heavy atom. The number of carbonyl (C=O) groups excluding carboxylic acids is 1. The molecular formula is C27H33F2N5O2. The Labute approximate surface area is 209 Å². The molecule has 1 aromatic carbocycles. The number of halogens is 2. The van der Waals surface area contributed by atoms with E-state index in [9.17, 15) is 13.6 Å². The molecule has 5 rings (SSSR count). The highest BCUT2D eigenvalue weighted by Crippen LogP contribution is 2.29. The molecule has 0 unspecified atom stereocenters. The highest BCUT2D eigenvalue weighted by Gasteiger charge is 2.27. The van der Waals surface area contributed by atoms with Crippen LogP contribution in [0.15, 0.2) is 36.5 Å². The fourth-order valence-corrected chi connectivity index (χ4v) is 5.54. The zero-order valence-electron chi connectivity index (χ0n) is 20.6. The Morgan fingerprint density at radius 2 is 2.03 bits per heavy atom. The van der Waals surface area contributed by atoms with Crippen LogP contribution in [0.1, 0.15) is 53.8 Å². The molecule has 0 radical (unpaired) electrons. The molecule has 1 aliphatic heterocycles. The van der Waals surface area contributed by atoms with Gasteiger partial charge in [-0.15, -0.1) is 0 Å². The predicted molar refractivity (Wildman–Crippen MR) is 133 cm³/mol. The van der Waals surface area contributed by atoms with Crippen molar-refractivity contribution in [2.75, 3.05) is 19.7 Å². The SMILES string of the molecule is Cn1c(OCC(F)F)nc2c1CCN(CCC1CCC(NC(=O)c3cccc4ncccc34)CC1)C2. The molecule has 1 amide bonds. The van der Waals surface area contributed by atoms with Crippen molar-refractivity contribution in [1.29, 1.82) is 0 Å². The van der Waals surface area contributed by atoms with E-state index in [4.69, 9.17) is 4.74 Å². The minimum absolute atomic E-state index is 0.0200. The molecule has 36 heavy (non-hydrogen) atoms. The first-order valence-corrected chi connectivity index (χ1v) is 12.8. The molecule has 192 valence electrons. The van der Waals surface area contributed by atoms with Gasteiger partial charge in [-0.25, -0.2) is 8.78 Å². The van der Waals surface area contributed by atoms with Gasteiger partial charge < -0.3 is 14.6 Å². The zero-order chi connectivity index (χ0) is 25.1. The number of pyridine rings is 1. The number of rotatable bonds is 8. The maximum Gasteiger partial charge on any atom is 0.296 e. The molecule has 3 aromatic rings. The van der Waals surface area contributed by atoms with Gasteiger partial charge in [0, 0.05) is 55.4 Å². The number of hydrogen-bond acceptors (Lipinski definition) is 5. The predicted octanol–water partition coefficient (Wildman–Crippen LogP) is 4.35. The molecule has 9 heteroatoms. The van der Waals surface area contributed by atoms with Crippen molar-refractivity contribution in [3.8, 4) is 6.01 Å². The van der Waals surface area contributed by atoms with Crippen LogP contribution in [0.4, 0.5) is 8.78 Å². The van der Waals surface area contributed by atoms with E-state index in [2.05, 4.69) is 20.2 Å². The van der Waals surface area contributed by atoms with Crippen LogP contribution in [-0.4, -0.2) is 57.5 Å². The molecule has 0 saturated heterocycles. The van der Waals surface area contributed by atoms with Gasteiger partial charge in [-0.2, -0.15) is 4.98 Å². The van der Waals surface area contributed by atoms with Gasteiger partial charge in [0.25, 0.3) is 18.3 Å². The summed E-state index contributed by atoms with van der Waals surface area (Å²) in [5.41, 5.74) is 3.53. The molecule has 0 atom stereocenters. The highest BCUT2D eigenvalue weighted by molar-refractivity contribution is 6.06. The summed E-state index contributed by atoms with van der Waals surface area (Å²) in [4.78, 5) is 24.2. The lowest BCUT2D eigenvalue weighted by Crippen LogP contribution is -2.38. The maximum atomic E-state index is 12.9. The fourth-order valence-electron chi connectivity index (χ4n) is 5.54. The summed E-state index contributed by atoms with van der Waals surface area (Å²) >= 11 is 0. The van der Waals surface area contributed by atoms with E-state index < -0.39 is 13.0 Å². The molecular weight excluding hydrogens is 464 g/mol. The number of imidazole rings is 1. The van der Waals surface area contributed by atoms with E-state index in [1.165, 1.54) is 0 Å². The van der Waals surface area contributed by atoms with Gasteiger partial charge >= 0.3 is 0 Å². The van der Waals surface area contributed by atoms with E-state index in [0.29, 0.717) is 11.5 Å². The van der Waals surface area contributed by atoms with Gasteiger partial charge in [0.05, 0.1) is 11.2 Å². The molecule has 1 aliphatic carbocycles. The van der Waals surface area contributed by atoms with Crippen LogP contribution in [0.25, 0.3) is 10.9 Å². The zero-order valence-corrected chi connectivity index (χ0v) is 20.6. The Bertz CT molecular complexity index is 1200. The molecule has 0 spiro atoms. The fraction of sp³-hybridized carbons (Fsp3) is 0.519. The number of hydrogen-bond donors (Lipinski definition) is 1. The van der Waals surface area contributed by atoms with E-state index in [0.717, 1.165) is 80.4 Å². The molecule has 3 heterocycles. The Morgan fingerprint density at radius 3 is 2.83 bits per heavy atom. The van der Waals surface area contributed by atoms with E-state index in [1.807, 2.05) is 37.4 Å². The molecule has 1 saturated carbocycles. The third kappa shape index (κ3) is 5.51. The van der Waals surface area contributed by atoms with Crippen LogP contribution in [0.3, 0.4) is 0 Å². The van der Waals surface area contributed by atoms with Gasteiger partial charge in [-0.3, -0.25) is 14.7 Å². The molecule has 0 bridgehead atoms. The quantitative estimate of drug-likeness (QED) is 0.501. The van der Waals surface area contributed by atoms with E-state index >= 15 is 0 Å². The van der Waals surface area contributed by atoms with E-state index in [-0.39, 0.29) is 18.0 Å². The standard InChI is InChI=1S/C27H33F2N5O2/c1-33-24-12-15-34(16-23(24)32-27(33)36-17-25(28)29)14-11-18-7-9-19(10-8-18)31-26(35)21-4-2-6-22-20(21)5-3-13-30-22/h2-6,13,18-19,25H,7-12,14-17H2,1H3,(H,31,35). The summed E-state index contributed by atoms with van der Waals surface area (Å²) < 4.78 is 32.0. The summed E-state index contributed by atoms with van der Waals surface area (Å²) in [6, 6.07) is 9.97. The highest BCUT2D eigenvalue weighted by atomic mass is 19.3. The lowest BCUT2D eigenvalue weighted by molar-refractivity contribution is 0.0754. The maximum absolute atomic E-state index is 12.9. The van der Waals surface area contributed by atoms with Crippen molar-refractivity contribution in [2.45, 2.75) is 57.5 Å². The summed E-state index contributed by atoms with van der Waals surface area (Å²) in [6.45, 7) is 2.03. The van der Waals surface area contributed by atoms with Crippen LogP contribution < -0.4 is 10.1 Å². The van der Waals surface area contributed by atoms with Gasteiger partial charge in [0.1, 0.15) is 0 Å². The summed E-state index contributed by atoms with van der Waals surface area (Å²) in [5.74, 6) is 0.628. The topological polar surface area (TPSA) is 72.3 Å². The summed E-state index contributed by atoms with van der Waals surface area (Å²) in [5, 5.41) is 4.13. The molecule has 2 aliphatic rings. The van der Waals surface area contributed by atoms with Gasteiger partial charge in [0.2, 0.25) is 0 Å². The normalized spacial score (nSPS) is 20.4. The van der Waals surface area contributed by atoms with Crippen LogP contribution >= 0.6 is 0 Å². The number of benzene rings is 1. The number of aromatic nitrogens is 3. The number of fused-ring (bicyclic) bond motifs is 2. The third-order valence-corrected chi connectivity index (χ3v) is 7.56. The first-order valence-electron chi connectivity index (χ1n) is 12.8. The Kier molecular flexibility index (Phi) is 7.46. The Hall–Kier alpha value is -3.07. The van der Waals surface area contributed by atoms with Crippen LogP contribution in [0.2, 0.25) is 0 Å². The van der Waals surface area contributed by atoms with Crippen molar-refractivity contribution >= 4 is 16.8 Å². The first-order chi connectivity index (χ1) is 17.5. The second-order valence-corrected chi connectivity index (χ2v) is 9.93. The largest absolute Gasteiger partial charge is 0.459 e. The molecule has 2 aromatic heterocycles. The second-order valence-electron chi connectivity index (χ2n) is 9.93. The number of nitrogens with zero attached hydrogens (tertiary/aromatic N) is 4. The lowest BCUT2D eigenvalue weighted by atomic mass is 9.84. The average molecular weight is 498 g/mol. The van der Waals surface area contributed by atoms with Crippen LogP contribution in [-0.2, 0) is 20.0 Å². The summed E-state index contributed by atoms with van der Waals surface area (Å²) in [7, 11) is 1.83. The van der Waals surface area contributed by atoms with Crippen LogP contribution in [0.5, 0.6) is 6.01 Å². The number of amides is 1. The molecule has 1 N–H and O–H groups in total. The minimum Gasteiger partial charge on any atom is -0.459 e. The number of carbonyl (C=O) groups is 1. The van der Waals surface area contributed by atoms with Gasteiger partial charge in [0.15, 0.2) is 6.61 Å². The van der Waals surface area contributed by atoms with Gasteiger partial charge in [-0.05, 0) is 62.8 Å². The van der Waals surface area contributed by atoms with E-state index in [1.54, 1.807) is 10.8 Å². The minimum atomic E-state index is -2.51. The van der Waals surface area contributed by atoms with Crippen molar-refractivity contribution in [2.24, 2.45) is 13.0 Å². The van der Waals surface area contributed by atoms with Crippen molar-refractivity contribution in [1.82, 2.24) is 24.8 Å². The number of nitrogens with one attached hydrogen (secondary N) is 1. The summed E-state index contributed by atoms with van der Waals surface area (Å²) in [6.07, 6.45) is 5.41. The second kappa shape index (κ2) is 10.9. The first kappa shape index (κ1) is 24.6. The molecule has 1 fully saturated rings. The third-order valence-electron chi connectivity index (χ3n) is 7.56. The smallest absolute Gasteiger partial charge is 0.296 e. The molecule has 7 nitrogen and oxygen atoms in total. The monoisotopic (exact) mass is 497 g/mol. The number of alkyl halides is 2. The average Bonchev–Trinajstić information content (AvgIpc) is 3.21. The van der Waals surface area contributed by atoms with Crippen molar-refractivity contribution in [3.63, 3.8) is 0 Å². The van der Waals surface area contributed by atoms with Crippen molar-refractivity contribution < 1.29 is 18.3 Å². The van der Waals surface area contributed by atoms with Gasteiger partial charge in [-0.1, -0.05) is 12.1 Å². The number of ether oxygens (including phenoxy) is 1. The van der Waals surface area contributed by atoms with Crippen molar-refractivity contribution in [3.05, 3.63) is 53.5 Å². The van der Waals surface area contributed by atoms with Crippen LogP contribution in [0, 0.1) is 5.92 Å². The Balaban J connectivity index is 1.08.